The Labute approximate surface area is 100 Å². The largest absolute Gasteiger partial charge is 0.397 e. The second-order valence-electron chi connectivity index (χ2n) is 3.36. The Morgan fingerprint density at radius 1 is 1.47 bits per heavy atom. The van der Waals surface area contributed by atoms with Gasteiger partial charge in [0.2, 0.25) is 10.0 Å². The van der Waals surface area contributed by atoms with Gasteiger partial charge in [0, 0.05) is 6.54 Å². The van der Waals surface area contributed by atoms with Crippen LogP contribution >= 0.6 is 0 Å². The fourth-order valence-electron chi connectivity index (χ4n) is 1.20. The van der Waals surface area contributed by atoms with Gasteiger partial charge in [0.05, 0.1) is 28.8 Å². The highest BCUT2D eigenvalue weighted by Crippen LogP contribution is 2.19. The molecule has 1 rings (SSSR count). The van der Waals surface area contributed by atoms with Crippen molar-refractivity contribution in [3.05, 3.63) is 23.8 Å². The zero-order valence-electron chi connectivity index (χ0n) is 9.40. The molecule has 0 amide bonds. The Morgan fingerprint density at radius 2 is 2.18 bits per heavy atom. The molecule has 7 heteroatoms. The highest BCUT2D eigenvalue weighted by atomic mass is 32.2. The quantitative estimate of drug-likeness (QED) is 0.646. The van der Waals surface area contributed by atoms with Crippen molar-refractivity contribution in [3.63, 3.8) is 0 Å². The van der Waals surface area contributed by atoms with Gasteiger partial charge in [-0.3, -0.25) is 0 Å². The normalized spacial score (nSPS) is 10.8. The third kappa shape index (κ3) is 3.94. The molecule has 0 saturated carbocycles. The fourth-order valence-corrected chi connectivity index (χ4v) is 1.78. The predicted octanol–water partition coefficient (Wildman–Crippen LogP) is 0.102. The number of nitrogen functional groups attached to an aromatic ring is 1. The molecule has 17 heavy (non-hydrogen) atoms. The first-order valence-electron chi connectivity index (χ1n) is 4.93. The number of nitrogens with one attached hydrogen (secondary N) is 2. The summed E-state index contributed by atoms with van der Waals surface area (Å²) >= 11 is 0. The van der Waals surface area contributed by atoms with E-state index in [4.69, 9.17) is 11.0 Å². The molecule has 1 aromatic carbocycles. The van der Waals surface area contributed by atoms with Crippen molar-refractivity contribution in [2.75, 3.05) is 30.4 Å². The molecule has 0 aliphatic heterocycles. The first-order chi connectivity index (χ1) is 7.98. The molecule has 0 aromatic heterocycles. The van der Waals surface area contributed by atoms with Crippen LogP contribution in [0.4, 0.5) is 11.4 Å². The molecule has 0 atom stereocenters. The maximum absolute atomic E-state index is 11.2. The van der Waals surface area contributed by atoms with E-state index in [1.807, 2.05) is 6.07 Å². The van der Waals surface area contributed by atoms with Gasteiger partial charge in [-0.2, -0.15) is 5.26 Å². The number of rotatable bonds is 5. The number of hydrogen-bond donors (Lipinski definition) is 3. The second-order valence-corrected chi connectivity index (χ2v) is 5.41. The van der Waals surface area contributed by atoms with Crippen molar-refractivity contribution >= 4 is 21.4 Å². The molecule has 0 bridgehead atoms. The monoisotopic (exact) mass is 254 g/mol. The summed E-state index contributed by atoms with van der Waals surface area (Å²) in [6.07, 6.45) is 0. The highest BCUT2D eigenvalue weighted by Gasteiger charge is 2.07. The lowest BCUT2D eigenvalue weighted by molar-refractivity contribution is 0.588. The summed E-state index contributed by atoms with van der Waals surface area (Å²) in [5.41, 5.74) is 7.20. The molecule has 92 valence electrons. The highest BCUT2D eigenvalue weighted by molar-refractivity contribution is 7.89. The summed E-state index contributed by atoms with van der Waals surface area (Å²) < 4.78 is 24.5. The molecule has 1 aromatic rings. The van der Waals surface area contributed by atoms with Gasteiger partial charge >= 0.3 is 0 Å². The first-order valence-corrected chi connectivity index (χ1v) is 6.58. The van der Waals surface area contributed by atoms with E-state index in [-0.39, 0.29) is 12.3 Å². The van der Waals surface area contributed by atoms with Gasteiger partial charge in [-0.25, -0.2) is 13.1 Å². The van der Waals surface area contributed by atoms with Crippen molar-refractivity contribution < 1.29 is 8.42 Å². The van der Waals surface area contributed by atoms with E-state index in [9.17, 15) is 8.42 Å². The average molecular weight is 254 g/mol. The SMILES string of the molecule is CNS(=O)(=O)CCNc1cc(C#N)ccc1N. The first kappa shape index (κ1) is 13.3. The van der Waals surface area contributed by atoms with Crippen LogP contribution in [0.1, 0.15) is 5.56 Å². The number of anilines is 2. The van der Waals surface area contributed by atoms with Crippen LogP contribution in [0.2, 0.25) is 0 Å². The van der Waals surface area contributed by atoms with Crippen molar-refractivity contribution in [1.82, 2.24) is 4.72 Å². The van der Waals surface area contributed by atoms with Gasteiger partial charge in [0.15, 0.2) is 0 Å². The third-order valence-electron chi connectivity index (χ3n) is 2.18. The van der Waals surface area contributed by atoms with Crippen molar-refractivity contribution in [3.8, 4) is 6.07 Å². The Kier molecular flexibility index (Phi) is 4.31. The molecule has 4 N–H and O–H groups in total. The van der Waals surface area contributed by atoms with Crippen LogP contribution in [-0.2, 0) is 10.0 Å². The average Bonchev–Trinajstić information content (AvgIpc) is 2.31. The summed E-state index contributed by atoms with van der Waals surface area (Å²) in [5, 5.41) is 11.6. The van der Waals surface area contributed by atoms with E-state index >= 15 is 0 Å². The van der Waals surface area contributed by atoms with Crippen LogP contribution < -0.4 is 15.8 Å². The number of hydrogen-bond acceptors (Lipinski definition) is 5. The molecular formula is C10H14N4O2S. The Balaban J connectivity index is 2.67. The summed E-state index contributed by atoms with van der Waals surface area (Å²) in [7, 11) is -1.88. The maximum atomic E-state index is 11.2. The molecule has 0 radical (unpaired) electrons. The molecule has 0 heterocycles. The van der Waals surface area contributed by atoms with E-state index in [0.29, 0.717) is 16.9 Å². The van der Waals surface area contributed by atoms with E-state index < -0.39 is 10.0 Å². The van der Waals surface area contributed by atoms with Gasteiger partial charge in [0.1, 0.15) is 0 Å². The minimum absolute atomic E-state index is 0.0558. The van der Waals surface area contributed by atoms with Gasteiger partial charge in [-0.15, -0.1) is 0 Å². The van der Waals surface area contributed by atoms with Crippen molar-refractivity contribution in [2.24, 2.45) is 0 Å². The smallest absolute Gasteiger partial charge is 0.213 e. The molecule has 0 saturated heterocycles. The summed E-state index contributed by atoms with van der Waals surface area (Å²) in [6.45, 7) is 0.224. The molecule has 0 unspecified atom stereocenters. The third-order valence-corrected chi connectivity index (χ3v) is 3.54. The molecule has 0 spiro atoms. The zero-order valence-corrected chi connectivity index (χ0v) is 10.2. The molecule has 0 aliphatic rings. The number of benzene rings is 1. The van der Waals surface area contributed by atoms with Crippen LogP contribution in [-0.4, -0.2) is 27.8 Å². The van der Waals surface area contributed by atoms with Gasteiger partial charge < -0.3 is 11.1 Å². The topological polar surface area (TPSA) is 108 Å². The minimum Gasteiger partial charge on any atom is -0.397 e. The van der Waals surface area contributed by atoms with Crippen LogP contribution in [0.3, 0.4) is 0 Å². The summed E-state index contributed by atoms with van der Waals surface area (Å²) in [6, 6.07) is 6.78. The molecule has 0 fully saturated rings. The zero-order chi connectivity index (χ0) is 12.9. The van der Waals surface area contributed by atoms with Crippen LogP contribution in [0.25, 0.3) is 0 Å². The van der Waals surface area contributed by atoms with Gasteiger partial charge in [-0.05, 0) is 25.2 Å². The Bertz CT molecular complexity index is 534. The van der Waals surface area contributed by atoms with E-state index in [1.54, 1.807) is 18.2 Å². The van der Waals surface area contributed by atoms with E-state index in [1.165, 1.54) is 7.05 Å². The van der Waals surface area contributed by atoms with Gasteiger partial charge in [0.25, 0.3) is 0 Å². The number of nitriles is 1. The maximum Gasteiger partial charge on any atom is 0.213 e. The fraction of sp³-hybridized carbons (Fsp3) is 0.300. The van der Waals surface area contributed by atoms with Crippen LogP contribution in [0, 0.1) is 11.3 Å². The minimum atomic E-state index is -3.24. The molecular weight excluding hydrogens is 240 g/mol. The standard InChI is InChI=1S/C10H14N4O2S/c1-13-17(15,16)5-4-14-10-6-8(7-11)2-3-9(10)12/h2-3,6,13-14H,4-5,12H2,1H3. The Hall–Kier alpha value is -1.78. The van der Waals surface area contributed by atoms with Crippen molar-refractivity contribution in [2.45, 2.75) is 0 Å². The predicted molar refractivity (Wildman–Crippen MR) is 66.9 cm³/mol. The molecule has 0 aliphatic carbocycles. The number of nitrogens with zero attached hydrogens (tertiary/aromatic N) is 1. The lowest BCUT2D eigenvalue weighted by Crippen LogP contribution is -2.26. The number of nitrogens with two attached hydrogens (primary N) is 1. The Morgan fingerprint density at radius 3 is 2.76 bits per heavy atom. The molecule has 6 nitrogen and oxygen atoms in total. The van der Waals surface area contributed by atoms with Crippen LogP contribution in [0.15, 0.2) is 18.2 Å². The lowest BCUT2D eigenvalue weighted by atomic mass is 10.2. The lowest BCUT2D eigenvalue weighted by Gasteiger charge is -2.09. The van der Waals surface area contributed by atoms with E-state index in [0.717, 1.165) is 0 Å². The summed E-state index contributed by atoms with van der Waals surface area (Å²) in [5.74, 6) is -0.0558. The van der Waals surface area contributed by atoms with Crippen molar-refractivity contribution in [1.29, 1.82) is 5.26 Å². The van der Waals surface area contributed by atoms with Crippen LogP contribution in [0.5, 0.6) is 0 Å². The second kappa shape index (κ2) is 5.52. The van der Waals surface area contributed by atoms with E-state index in [2.05, 4.69) is 10.0 Å². The van der Waals surface area contributed by atoms with Gasteiger partial charge in [-0.1, -0.05) is 0 Å². The summed E-state index contributed by atoms with van der Waals surface area (Å²) in [4.78, 5) is 0. The number of sulfonamides is 1.